The maximum Gasteiger partial charge on any atom is 0.272 e. The minimum absolute atomic E-state index is 0.154. The van der Waals surface area contributed by atoms with Gasteiger partial charge in [0.05, 0.1) is 5.52 Å². The van der Waals surface area contributed by atoms with Gasteiger partial charge in [0.25, 0.3) is 5.91 Å². The zero-order chi connectivity index (χ0) is 18.1. The number of benzene rings is 1. The Kier molecular flexibility index (Phi) is 4.30. The highest BCUT2D eigenvalue weighted by atomic mass is 16.1. The third-order valence-corrected chi connectivity index (χ3v) is 4.71. The Morgan fingerprint density at radius 2 is 2.15 bits per heavy atom. The second kappa shape index (κ2) is 6.76. The highest BCUT2D eigenvalue weighted by Gasteiger charge is 2.21. The summed E-state index contributed by atoms with van der Waals surface area (Å²) in [6.07, 6.45) is 0.872. The normalized spacial score (nSPS) is 13.5. The summed E-state index contributed by atoms with van der Waals surface area (Å²) in [5, 5.41) is 14.6. The summed E-state index contributed by atoms with van der Waals surface area (Å²) in [5.41, 5.74) is 4.47. The second-order valence-electron chi connectivity index (χ2n) is 6.69. The highest BCUT2D eigenvalue weighted by molar-refractivity contribution is 5.94. The Morgan fingerprint density at radius 1 is 1.31 bits per heavy atom. The molecule has 1 amide bonds. The van der Waals surface area contributed by atoms with Crippen LogP contribution in [0.1, 0.15) is 27.3 Å². The van der Waals surface area contributed by atoms with Gasteiger partial charge in [-0.1, -0.05) is 18.2 Å². The molecule has 0 saturated carbocycles. The Morgan fingerprint density at radius 3 is 3.00 bits per heavy atom. The Labute approximate surface area is 151 Å². The lowest BCUT2D eigenvalue weighted by atomic mass is 10.1. The lowest BCUT2D eigenvalue weighted by Crippen LogP contribution is -2.28. The number of amides is 1. The van der Waals surface area contributed by atoms with Gasteiger partial charge in [0.2, 0.25) is 0 Å². The number of rotatable bonds is 4. The van der Waals surface area contributed by atoms with E-state index in [9.17, 15) is 4.79 Å². The molecular formula is C19H22N6O. The summed E-state index contributed by atoms with van der Waals surface area (Å²) in [6, 6.07) is 10.00. The molecule has 0 unspecified atom stereocenters. The van der Waals surface area contributed by atoms with E-state index < -0.39 is 0 Å². The lowest BCUT2D eigenvalue weighted by Gasteiger charge is -2.16. The van der Waals surface area contributed by atoms with Crippen molar-refractivity contribution in [3.63, 3.8) is 0 Å². The molecule has 7 heteroatoms. The number of H-pyrrole nitrogens is 1. The molecule has 0 bridgehead atoms. The minimum Gasteiger partial charge on any atom is -0.363 e. The van der Waals surface area contributed by atoms with Crippen molar-refractivity contribution < 1.29 is 4.79 Å². The van der Waals surface area contributed by atoms with Crippen molar-refractivity contribution in [3.05, 3.63) is 52.8 Å². The van der Waals surface area contributed by atoms with Gasteiger partial charge in [-0.25, -0.2) is 4.98 Å². The quantitative estimate of drug-likeness (QED) is 0.665. The van der Waals surface area contributed by atoms with Crippen LogP contribution < -0.4 is 15.5 Å². The van der Waals surface area contributed by atoms with Crippen LogP contribution in [0.4, 0.5) is 5.82 Å². The molecule has 3 heterocycles. The standard InChI is InChI=1S/C19H22N6O/c1-25(2)17-9-12(13-5-3-4-6-15(13)22-17)10-21-19(26)18-14-11-20-8-7-16(14)23-24-18/h3-6,9,20H,7-8,10-11H2,1-2H3,(H,21,26)(H,23,24). The smallest absolute Gasteiger partial charge is 0.272 e. The summed E-state index contributed by atoms with van der Waals surface area (Å²) in [7, 11) is 3.92. The van der Waals surface area contributed by atoms with Crippen molar-refractivity contribution >= 4 is 22.6 Å². The van der Waals surface area contributed by atoms with Crippen molar-refractivity contribution in [1.29, 1.82) is 0 Å². The summed E-state index contributed by atoms with van der Waals surface area (Å²) in [5.74, 6) is 0.716. The summed E-state index contributed by atoms with van der Waals surface area (Å²) < 4.78 is 0. The molecule has 3 aromatic rings. The number of anilines is 1. The molecular weight excluding hydrogens is 328 g/mol. The molecule has 0 fully saturated rings. The van der Waals surface area contributed by atoms with Crippen molar-refractivity contribution in [1.82, 2.24) is 25.8 Å². The molecule has 4 rings (SSSR count). The number of aromatic amines is 1. The Bertz CT molecular complexity index is 962. The van der Waals surface area contributed by atoms with Gasteiger partial charge in [0.15, 0.2) is 5.69 Å². The topological polar surface area (TPSA) is 85.9 Å². The molecule has 0 radical (unpaired) electrons. The molecule has 3 N–H and O–H groups in total. The van der Waals surface area contributed by atoms with Gasteiger partial charge < -0.3 is 15.5 Å². The SMILES string of the molecule is CN(C)c1cc(CNC(=O)c2n[nH]c3c2CNCC3)c2ccccc2n1. The van der Waals surface area contributed by atoms with Crippen LogP contribution in [0.3, 0.4) is 0 Å². The molecule has 7 nitrogen and oxygen atoms in total. The number of hydrogen-bond acceptors (Lipinski definition) is 5. The fourth-order valence-corrected chi connectivity index (χ4v) is 3.28. The fraction of sp³-hybridized carbons (Fsp3) is 0.316. The first-order chi connectivity index (χ1) is 12.6. The van der Waals surface area contributed by atoms with Crippen molar-refractivity contribution in [2.24, 2.45) is 0 Å². The van der Waals surface area contributed by atoms with E-state index in [1.807, 2.05) is 49.3 Å². The molecule has 0 aliphatic carbocycles. The summed E-state index contributed by atoms with van der Waals surface area (Å²) >= 11 is 0. The number of pyridine rings is 1. The third kappa shape index (κ3) is 3.01. The predicted octanol–water partition coefficient (Wildman–Crippen LogP) is 1.60. The average molecular weight is 350 g/mol. The third-order valence-electron chi connectivity index (χ3n) is 4.71. The van der Waals surface area contributed by atoms with E-state index >= 15 is 0 Å². The number of hydrogen-bond donors (Lipinski definition) is 3. The molecule has 1 aromatic carbocycles. The monoisotopic (exact) mass is 350 g/mol. The maximum absolute atomic E-state index is 12.7. The van der Waals surface area contributed by atoms with Crippen LogP contribution in [0.25, 0.3) is 10.9 Å². The van der Waals surface area contributed by atoms with Crippen LogP contribution in [-0.4, -0.2) is 41.7 Å². The van der Waals surface area contributed by atoms with E-state index in [-0.39, 0.29) is 5.91 Å². The summed E-state index contributed by atoms with van der Waals surface area (Å²) in [6.45, 7) is 2.02. The zero-order valence-electron chi connectivity index (χ0n) is 15.0. The molecule has 0 spiro atoms. The van der Waals surface area contributed by atoms with Crippen LogP contribution >= 0.6 is 0 Å². The van der Waals surface area contributed by atoms with Crippen molar-refractivity contribution in [2.45, 2.75) is 19.5 Å². The van der Waals surface area contributed by atoms with Crippen molar-refractivity contribution in [2.75, 3.05) is 25.5 Å². The number of carbonyl (C=O) groups excluding carboxylic acids is 1. The molecule has 1 aliphatic heterocycles. The van der Waals surface area contributed by atoms with E-state index in [1.54, 1.807) is 0 Å². The fourth-order valence-electron chi connectivity index (χ4n) is 3.28. The van der Waals surface area contributed by atoms with Crippen molar-refractivity contribution in [3.8, 4) is 0 Å². The van der Waals surface area contributed by atoms with Gasteiger partial charge in [-0.2, -0.15) is 5.10 Å². The van der Waals surface area contributed by atoms with Gasteiger partial charge in [0.1, 0.15) is 5.82 Å². The number of nitrogens with one attached hydrogen (secondary N) is 3. The second-order valence-corrected chi connectivity index (χ2v) is 6.69. The van der Waals surface area contributed by atoms with E-state index in [2.05, 4.69) is 25.8 Å². The van der Waals surface area contributed by atoms with E-state index in [0.29, 0.717) is 18.8 Å². The largest absolute Gasteiger partial charge is 0.363 e. The molecule has 1 aliphatic rings. The minimum atomic E-state index is -0.154. The first kappa shape index (κ1) is 16.5. The zero-order valence-corrected chi connectivity index (χ0v) is 15.0. The van der Waals surface area contributed by atoms with Gasteiger partial charge in [-0.15, -0.1) is 0 Å². The highest BCUT2D eigenvalue weighted by Crippen LogP contribution is 2.22. The summed E-state index contributed by atoms with van der Waals surface area (Å²) in [4.78, 5) is 19.3. The maximum atomic E-state index is 12.7. The van der Waals surface area contributed by atoms with Crippen LogP contribution in [0.5, 0.6) is 0 Å². The van der Waals surface area contributed by atoms with E-state index in [4.69, 9.17) is 0 Å². The van der Waals surface area contributed by atoms with Gasteiger partial charge in [0, 0.05) is 56.8 Å². The molecule has 2 aromatic heterocycles. The number of aromatic nitrogens is 3. The number of carbonyl (C=O) groups is 1. The predicted molar refractivity (Wildman–Crippen MR) is 101 cm³/mol. The van der Waals surface area contributed by atoms with Crippen LogP contribution in [-0.2, 0) is 19.5 Å². The lowest BCUT2D eigenvalue weighted by molar-refractivity contribution is 0.0945. The van der Waals surface area contributed by atoms with Gasteiger partial charge in [-0.05, 0) is 17.7 Å². The van der Waals surface area contributed by atoms with E-state index in [0.717, 1.165) is 46.5 Å². The molecule has 134 valence electrons. The van der Waals surface area contributed by atoms with Gasteiger partial charge >= 0.3 is 0 Å². The number of fused-ring (bicyclic) bond motifs is 2. The number of nitrogens with zero attached hydrogens (tertiary/aromatic N) is 3. The molecule has 0 atom stereocenters. The van der Waals surface area contributed by atoms with E-state index in [1.165, 1.54) is 0 Å². The van der Waals surface area contributed by atoms with Crippen LogP contribution in [0.2, 0.25) is 0 Å². The molecule has 26 heavy (non-hydrogen) atoms. The van der Waals surface area contributed by atoms with Gasteiger partial charge in [-0.3, -0.25) is 9.89 Å². The first-order valence-electron chi connectivity index (χ1n) is 8.74. The Balaban J connectivity index is 1.59. The Hall–Kier alpha value is -2.93. The van der Waals surface area contributed by atoms with Crippen LogP contribution in [0, 0.1) is 0 Å². The average Bonchev–Trinajstić information content (AvgIpc) is 3.09. The van der Waals surface area contributed by atoms with Crippen LogP contribution in [0.15, 0.2) is 30.3 Å². The first-order valence-corrected chi connectivity index (χ1v) is 8.74. The number of para-hydroxylation sites is 1. The molecule has 0 saturated heterocycles.